The molecule has 0 aromatic carbocycles. The fraction of sp³-hybridized carbons (Fsp3) is 0.667. The van der Waals surface area contributed by atoms with Gasteiger partial charge in [0.2, 0.25) is 10.0 Å². The first-order valence-electron chi connectivity index (χ1n) is 7.13. The van der Waals surface area contributed by atoms with Crippen LogP contribution in [0.4, 0.5) is 5.69 Å². The van der Waals surface area contributed by atoms with Crippen LogP contribution in [-0.2, 0) is 15.4 Å². The predicted molar refractivity (Wildman–Crippen MR) is 82.6 cm³/mol. The van der Waals surface area contributed by atoms with Crippen molar-refractivity contribution in [3.8, 4) is 0 Å². The molecule has 112 valence electrons. The number of aromatic nitrogens is 1. The second kappa shape index (κ2) is 5.02. The number of hydrogen-bond donors (Lipinski definition) is 1. The molecule has 20 heavy (non-hydrogen) atoms. The Morgan fingerprint density at radius 3 is 2.35 bits per heavy atom. The van der Waals surface area contributed by atoms with Crippen LogP contribution < -0.4 is 4.72 Å². The zero-order valence-electron chi connectivity index (χ0n) is 12.9. The van der Waals surface area contributed by atoms with Gasteiger partial charge >= 0.3 is 0 Å². The lowest BCUT2D eigenvalue weighted by molar-refractivity contribution is 0.569. The number of nitrogens with zero attached hydrogens (tertiary/aromatic N) is 1. The van der Waals surface area contributed by atoms with Crippen LogP contribution in [0.2, 0.25) is 0 Å². The molecule has 0 unspecified atom stereocenters. The number of sulfonamides is 1. The first-order chi connectivity index (χ1) is 9.11. The van der Waals surface area contributed by atoms with Gasteiger partial charge in [-0.3, -0.25) is 9.71 Å². The minimum absolute atomic E-state index is 0.198. The van der Waals surface area contributed by atoms with Gasteiger partial charge in [0.1, 0.15) is 0 Å². The van der Waals surface area contributed by atoms with E-state index in [1.165, 1.54) is 0 Å². The lowest BCUT2D eigenvalue weighted by Crippen LogP contribution is -2.23. The van der Waals surface area contributed by atoms with Crippen LogP contribution in [0.3, 0.4) is 0 Å². The molecule has 1 saturated carbocycles. The number of rotatable bonds is 4. The van der Waals surface area contributed by atoms with Crippen molar-refractivity contribution in [2.75, 3.05) is 4.72 Å². The van der Waals surface area contributed by atoms with E-state index >= 15 is 0 Å². The van der Waals surface area contributed by atoms with Crippen molar-refractivity contribution in [3.05, 3.63) is 23.5 Å². The van der Waals surface area contributed by atoms with E-state index in [0.29, 0.717) is 11.6 Å². The normalized spacial score (nSPS) is 16.5. The standard InChI is InChI=1S/C15H24N2O2S/c1-10(2)11-8-13(14(16-9-11)15(3,4)5)17-20(18,19)12-6-7-12/h8-10,12,17H,6-7H2,1-5H3. The van der Waals surface area contributed by atoms with E-state index in [1.54, 1.807) is 0 Å². The molecular weight excluding hydrogens is 272 g/mol. The highest BCUT2D eigenvalue weighted by atomic mass is 32.2. The summed E-state index contributed by atoms with van der Waals surface area (Å²) in [6, 6.07) is 1.93. The molecule has 1 N–H and O–H groups in total. The molecule has 0 aliphatic heterocycles. The molecule has 0 saturated heterocycles. The van der Waals surface area contributed by atoms with Gasteiger partial charge in [0.25, 0.3) is 0 Å². The summed E-state index contributed by atoms with van der Waals surface area (Å²) in [7, 11) is -3.26. The summed E-state index contributed by atoms with van der Waals surface area (Å²) in [5.74, 6) is 0.320. The Morgan fingerprint density at radius 1 is 1.30 bits per heavy atom. The molecule has 1 aliphatic carbocycles. The van der Waals surface area contributed by atoms with E-state index < -0.39 is 10.0 Å². The summed E-state index contributed by atoms with van der Waals surface area (Å²) < 4.78 is 27.1. The minimum atomic E-state index is -3.26. The highest BCUT2D eigenvalue weighted by molar-refractivity contribution is 7.93. The zero-order chi connectivity index (χ0) is 15.1. The van der Waals surface area contributed by atoms with Gasteiger partial charge in [-0.15, -0.1) is 0 Å². The van der Waals surface area contributed by atoms with Crippen molar-refractivity contribution in [1.82, 2.24) is 4.98 Å². The quantitative estimate of drug-likeness (QED) is 0.926. The smallest absolute Gasteiger partial charge is 0.235 e. The monoisotopic (exact) mass is 296 g/mol. The van der Waals surface area contributed by atoms with Crippen molar-refractivity contribution in [3.63, 3.8) is 0 Å². The van der Waals surface area contributed by atoms with Gasteiger partial charge in [-0.25, -0.2) is 8.42 Å². The lowest BCUT2D eigenvalue weighted by Gasteiger charge is -2.23. The number of nitrogens with one attached hydrogen (secondary N) is 1. The number of pyridine rings is 1. The molecule has 5 heteroatoms. The fourth-order valence-electron chi connectivity index (χ4n) is 2.09. The zero-order valence-corrected chi connectivity index (χ0v) is 13.7. The molecule has 1 fully saturated rings. The number of hydrogen-bond acceptors (Lipinski definition) is 3. The Bertz CT molecular complexity index is 597. The third-order valence-electron chi connectivity index (χ3n) is 3.50. The van der Waals surface area contributed by atoms with E-state index in [-0.39, 0.29) is 10.7 Å². The van der Waals surface area contributed by atoms with Crippen LogP contribution in [0.1, 0.15) is 64.6 Å². The van der Waals surface area contributed by atoms with Crippen LogP contribution in [0.5, 0.6) is 0 Å². The van der Waals surface area contributed by atoms with Gasteiger partial charge in [-0.2, -0.15) is 0 Å². The summed E-state index contributed by atoms with van der Waals surface area (Å²) in [5.41, 5.74) is 2.28. The lowest BCUT2D eigenvalue weighted by atomic mass is 9.89. The second-order valence-corrected chi connectivity index (χ2v) is 8.88. The van der Waals surface area contributed by atoms with Crippen molar-refractivity contribution in [2.24, 2.45) is 0 Å². The largest absolute Gasteiger partial charge is 0.281 e. The third-order valence-corrected chi connectivity index (χ3v) is 5.35. The molecule has 0 amide bonds. The molecule has 0 radical (unpaired) electrons. The maximum absolute atomic E-state index is 12.2. The van der Waals surface area contributed by atoms with Gasteiger partial charge < -0.3 is 0 Å². The van der Waals surface area contributed by atoms with Crippen LogP contribution >= 0.6 is 0 Å². The summed E-state index contributed by atoms with van der Waals surface area (Å²) in [5, 5.41) is -0.224. The Kier molecular flexibility index (Phi) is 3.84. The molecule has 0 spiro atoms. The van der Waals surface area contributed by atoms with Gasteiger partial charge in [0, 0.05) is 11.6 Å². The fourth-order valence-corrected chi connectivity index (χ4v) is 3.47. The molecule has 0 atom stereocenters. The summed E-state index contributed by atoms with van der Waals surface area (Å²) in [6.07, 6.45) is 3.37. The summed E-state index contributed by atoms with van der Waals surface area (Å²) >= 11 is 0. The molecule has 0 bridgehead atoms. The molecule has 2 rings (SSSR count). The Balaban J connectivity index is 2.44. The first kappa shape index (κ1) is 15.3. The van der Waals surface area contributed by atoms with E-state index in [2.05, 4.69) is 23.6 Å². The SMILES string of the molecule is CC(C)c1cnc(C(C)(C)C)c(NS(=O)(=O)C2CC2)c1. The topological polar surface area (TPSA) is 59.1 Å². The van der Waals surface area contributed by atoms with Crippen LogP contribution in [0.25, 0.3) is 0 Å². The summed E-state index contributed by atoms with van der Waals surface area (Å²) in [4.78, 5) is 4.51. The van der Waals surface area contributed by atoms with Gasteiger partial charge in [0.15, 0.2) is 0 Å². The Hall–Kier alpha value is -1.10. The van der Waals surface area contributed by atoms with Crippen LogP contribution in [0, 0.1) is 0 Å². The van der Waals surface area contributed by atoms with Crippen molar-refractivity contribution < 1.29 is 8.42 Å². The maximum Gasteiger partial charge on any atom is 0.235 e. The van der Waals surface area contributed by atoms with E-state index in [4.69, 9.17) is 0 Å². The van der Waals surface area contributed by atoms with Gasteiger partial charge in [-0.05, 0) is 30.4 Å². The van der Waals surface area contributed by atoms with E-state index in [9.17, 15) is 8.42 Å². The molecule has 1 heterocycles. The average molecular weight is 296 g/mol. The van der Waals surface area contributed by atoms with Crippen molar-refractivity contribution in [2.45, 2.75) is 64.0 Å². The van der Waals surface area contributed by atoms with Gasteiger partial charge in [0.05, 0.1) is 16.6 Å². The third kappa shape index (κ3) is 3.32. The molecule has 1 aliphatic rings. The second-order valence-electron chi connectivity index (χ2n) is 6.92. The minimum Gasteiger partial charge on any atom is -0.281 e. The molecule has 1 aromatic heterocycles. The first-order valence-corrected chi connectivity index (χ1v) is 8.68. The molecule has 4 nitrogen and oxygen atoms in total. The predicted octanol–water partition coefficient (Wildman–Crippen LogP) is 3.41. The maximum atomic E-state index is 12.2. The van der Waals surface area contributed by atoms with Crippen molar-refractivity contribution in [1.29, 1.82) is 0 Å². The Labute approximate surface area is 122 Å². The average Bonchev–Trinajstić information content (AvgIpc) is 3.10. The van der Waals surface area contributed by atoms with Crippen LogP contribution in [0.15, 0.2) is 12.3 Å². The molecular formula is C15H24N2O2S. The summed E-state index contributed by atoms with van der Waals surface area (Å²) in [6.45, 7) is 10.3. The van der Waals surface area contributed by atoms with E-state index in [1.807, 2.05) is 33.0 Å². The van der Waals surface area contributed by atoms with Gasteiger partial charge in [-0.1, -0.05) is 34.6 Å². The van der Waals surface area contributed by atoms with E-state index in [0.717, 1.165) is 24.1 Å². The van der Waals surface area contributed by atoms with Crippen molar-refractivity contribution >= 4 is 15.7 Å². The number of anilines is 1. The Morgan fingerprint density at radius 2 is 1.90 bits per heavy atom. The van der Waals surface area contributed by atoms with Crippen LogP contribution in [-0.4, -0.2) is 18.7 Å². The highest BCUT2D eigenvalue weighted by Gasteiger charge is 2.36. The molecule has 1 aromatic rings. The highest BCUT2D eigenvalue weighted by Crippen LogP contribution is 2.34.